The number of nitrogens with one attached hydrogen (secondary N) is 2. The van der Waals surface area contributed by atoms with Crippen molar-refractivity contribution < 1.29 is 36.7 Å². The van der Waals surface area contributed by atoms with Crippen LogP contribution in [0.2, 0.25) is 0 Å². The molecule has 5 aromatic rings. The molecule has 2 aliphatic heterocycles. The van der Waals surface area contributed by atoms with Gasteiger partial charge in [0.1, 0.15) is 17.2 Å². The minimum atomic E-state index is -4.61. The molecule has 2 N–H and O–H groups in total. The fourth-order valence-electron chi connectivity index (χ4n) is 10.9. The van der Waals surface area contributed by atoms with E-state index in [1.165, 1.54) is 42.5 Å². The Morgan fingerprint density at radius 2 is 1.73 bits per heavy atom. The van der Waals surface area contributed by atoms with Crippen molar-refractivity contribution in [2.75, 3.05) is 44.9 Å². The number of morpholine rings is 1. The second kappa shape index (κ2) is 17.9. The molecule has 16 heteroatoms. The number of methoxy groups -OCH3 is 1. The van der Waals surface area contributed by atoms with Crippen molar-refractivity contribution in [2.45, 2.75) is 108 Å². The van der Waals surface area contributed by atoms with Gasteiger partial charge in [-0.25, -0.2) is 17.5 Å². The number of carbonyl (C=O) groups excluding carboxylic acids is 1. The summed E-state index contributed by atoms with van der Waals surface area (Å²) in [4.78, 5) is 37.5. The summed E-state index contributed by atoms with van der Waals surface area (Å²) in [5.74, 6) is -1.24. The number of ether oxygens (including phenoxy) is 3. The molecule has 14 nitrogen and oxygen atoms in total. The van der Waals surface area contributed by atoms with Crippen LogP contribution in [0, 0.1) is 26.8 Å². The first-order valence-corrected chi connectivity index (χ1v) is 24.6. The lowest BCUT2D eigenvalue weighted by Crippen LogP contribution is -2.58. The number of hydrogen-bond acceptors (Lipinski definition) is 11. The molecule has 350 valence electrons. The van der Waals surface area contributed by atoms with Gasteiger partial charge < -0.3 is 24.1 Å². The summed E-state index contributed by atoms with van der Waals surface area (Å²) in [5, 5.41) is 12.4. The summed E-state index contributed by atoms with van der Waals surface area (Å²) >= 11 is 0. The fraction of sp³-hybridized carbons (Fsp3) is 0.480. The summed E-state index contributed by atoms with van der Waals surface area (Å²) in [7, 11) is -3.22. The van der Waals surface area contributed by atoms with Gasteiger partial charge in [0, 0.05) is 61.3 Å². The van der Waals surface area contributed by atoms with Crippen LogP contribution in [-0.2, 0) is 14.8 Å². The van der Waals surface area contributed by atoms with E-state index in [1.807, 2.05) is 0 Å². The number of H-pyrrole nitrogens is 1. The lowest BCUT2D eigenvalue weighted by Gasteiger charge is -2.57. The predicted molar refractivity (Wildman–Crippen MR) is 250 cm³/mol. The number of benzene rings is 3. The molecule has 4 fully saturated rings. The van der Waals surface area contributed by atoms with Crippen molar-refractivity contribution >= 4 is 38.3 Å². The van der Waals surface area contributed by atoms with Gasteiger partial charge >= 0.3 is 0 Å². The number of rotatable bonds is 12. The molecule has 0 radical (unpaired) electrons. The number of piperidine rings is 1. The molecule has 0 bridgehead atoms. The van der Waals surface area contributed by atoms with Crippen molar-refractivity contribution in [1.29, 1.82) is 0 Å². The fourth-order valence-corrected chi connectivity index (χ4v) is 11.9. The molecule has 2 aromatic heterocycles. The molecule has 2 aliphatic carbocycles. The van der Waals surface area contributed by atoms with Gasteiger partial charge in [0.25, 0.3) is 27.5 Å². The monoisotopic (exact) mass is 922 g/mol. The zero-order valence-electron chi connectivity index (χ0n) is 38.3. The third-order valence-electron chi connectivity index (χ3n) is 14.8. The van der Waals surface area contributed by atoms with Crippen LogP contribution in [0.1, 0.15) is 124 Å². The molecule has 2 saturated heterocycles. The Labute approximate surface area is 385 Å². The first-order valence-electron chi connectivity index (χ1n) is 23.1. The predicted octanol–water partition coefficient (Wildman–Crippen LogP) is 10.2. The quantitative estimate of drug-likeness (QED) is 0.0902. The minimum Gasteiger partial charge on any atom is -0.478 e. The molecule has 1 spiro atoms. The standard InChI is InChI=1S/C50H59FN6O8S/c1-31(2)36-8-6-7-9-38(36)43-30-64-23-22-56(43)34-27-50(28-34)18-20-55(21-19-50)33-10-12-39(44(24-33)65-45-26-40-41(51)29-52-46(40)53-48(45)63-5)47(58)54-66(61,62)35-11-13-37(42(25-35)57(59)60)32-14-16-49(3,4)17-15-32/h6-13,24-26,29,31-32,34,43H,14-23,27-28,30H2,1-5H3,(H,52,53)(H,54,58)/t43-/m1/s1. The maximum atomic E-state index is 14.8. The average Bonchev–Trinajstić information content (AvgIpc) is 3.66. The van der Waals surface area contributed by atoms with E-state index in [1.54, 1.807) is 12.1 Å². The summed E-state index contributed by atoms with van der Waals surface area (Å²) in [5.41, 5.74) is 4.12. The Balaban J connectivity index is 0.950. The van der Waals surface area contributed by atoms with Crippen molar-refractivity contribution in [3.05, 3.63) is 111 Å². The van der Waals surface area contributed by atoms with E-state index in [4.69, 9.17) is 14.2 Å². The minimum absolute atomic E-state index is 0.00501. The average molecular weight is 923 g/mol. The number of amides is 1. The number of aromatic nitrogens is 2. The highest BCUT2D eigenvalue weighted by Crippen LogP contribution is 2.53. The number of anilines is 1. The second-order valence-corrected chi connectivity index (χ2v) is 21.5. The molecule has 2 saturated carbocycles. The van der Waals surface area contributed by atoms with Crippen LogP contribution in [0.3, 0.4) is 0 Å². The highest BCUT2D eigenvalue weighted by Gasteiger charge is 2.50. The Morgan fingerprint density at radius 3 is 2.44 bits per heavy atom. The molecule has 4 aliphatic rings. The van der Waals surface area contributed by atoms with Gasteiger partial charge in [0.05, 0.1) is 47.1 Å². The molecular weight excluding hydrogens is 864 g/mol. The van der Waals surface area contributed by atoms with Gasteiger partial charge in [0.2, 0.25) is 0 Å². The molecule has 9 rings (SSSR count). The number of nitro benzene ring substituents is 1. The summed E-state index contributed by atoms with van der Waals surface area (Å²) < 4.78 is 62.6. The molecule has 3 aromatic carbocycles. The number of fused-ring (bicyclic) bond motifs is 1. The molecule has 1 amide bonds. The third-order valence-corrected chi connectivity index (χ3v) is 16.2. The Hall–Kier alpha value is -5.58. The SMILES string of the molecule is COc1nc2[nH]cc(F)c2cc1Oc1cc(N2CCC3(CC2)CC(N2CCOC[C@@H]2c2ccccc2C(C)C)C3)ccc1C(=O)NS(=O)(=O)c1ccc(C2CCC(C)(C)CC2)c([N+](=O)[O-])c1. The van der Waals surface area contributed by atoms with E-state index in [0.717, 1.165) is 95.6 Å². The van der Waals surface area contributed by atoms with E-state index >= 15 is 0 Å². The number of carbonyl (C=O) groups is 1. The van der Waals surface area contributed by atoms with Crippen LogP contribution >= 0.6 is 0 Å². The lowest BCUT2D eigenvalue weighted by molar-refractivity contribution is -0.386. The number of sulfonamides is 1. The van der Waals surface area contributed by atoms with Gasteiger partial charge in [-0.15, -0.1) is 0 Å². The summed E-state index contributed by atoms with van der Waals surface area (Å²) in [6.07, 6.45) is 8.63. The van der Waals surface area contributed by atoms with Crippen LogP contribution < -0.4 is 19.1 Å². The zero-order chi connectivity index (χ0) is 46.5. The van der Waals surface area contributed by atoms with E-state index < -0.39 is 31.6 Å². The number of hydrogen-bond donors (Lipinski definition) is 2. The van der Waals surface area contributed by atoms with Gasteiger partial charge in [-0.05, 0) is 103 Å². The number of nitro groups is 1. The molecular formula is C50H59FN6O8S. The van der Waals surface area contributed by atoms with Crippen LogP contribution in [0.15, 0.2) is 77.8 Å². The van der Waals surface area contributed by atoms with Crippen LogP contribution in [0.5, 0.6) is 17.4 Å². The highest BCUT2D eigenvalue weighted by molar-refractivity contribution is 7.90. The van der Waals surface area contributed by atoms with Gasteiger partial charge in [-0.1, -0.05) is 58.0 Å². The first-order chi connectivity index (χ1) is 31.5. The molecule has 66 heavy (non-hydrogen) atoms. The molecule has 0 unspecified atom stereocenters. The number of aromatic amines is 1. The summed E-state index contributed by atoms with van der Waals surface area (Å²) in [6.45, 7) is 12.7. The third kappa shape index (κ3) is 8.98. The van der Waals surface area contributed by atoms with Crippen molar-refractivity contribution in [3.8, 4) is 17.4 Å². The molecule has 1 atom stereocenters. The topological polar surface area (TPSA) is 169 Å². The smallest absolute Gasteiger partial charge is 0.274 e. The summed E-state index contributed by atoms with van der Waals surface area (Å²) in [6, 6.07) is 19.6. The van der Waals surface area contributed by atoms with E-state index in [2.05, 4.69) is 76.5 Å². The van der Waals surface area contributed by atoms with E-state index in [9.17, 15) is 27.7 Å². The van der Waals surface area contributed by atoms with Gasteiger partial charge in [0.15, 0.2) is 5.75 Å². The first kappa shape index (κ1) is 45.6. The van der Waals surface area contributed by atoms with Crippen molar-refractivity contribution in [1.82, 2.24) is 19.6 Å². The Bertz CT molecular complexity index is 2750. The van der Waals surface area contributed by atoms with Crippen molar-refractivity contribution in [2.24, 2.45) is 10.8 Å². The normalized spacial score (nSPS) is 20.3. The largest absolute Gasteiger partial charge is 0.478 e. The van der Waals surface area contributed by atoms with Crippen molar-refractivity contribution in [3.63, 3.8) is 0 Å². The van der Waals surface area contributed by atoms with Gasteiger partial charge in [-0.3, -0.25) is 19.8 Å². The van der Waals surface area contributed by atoms with Crippen LogP contribution in [0.25, 0.3) is 11.0 Å². The highest BCUT2D eigenvalue weighted by atomic mass is 32.2. The zero-order valence-corrected chi connectivity index (χ0v) is 39.1. The van der Waals surface area contributed by atoms with Crippen LogP contribution in [-0.4, -0.2) is 80.1 Å². The van der Waals surface area contributed by atoms with Gasteiger partial charge in [-0.2, -0.15) is 4.98 Å². The van der Waals surface area contributed by atoms with Crippen LogP contribution in [0.4, 0.5) is 15.8 Å². The van der Waals surface area contributed by atoms with E-state index in [0.29, 0.717) is 24.1 Å². The number of pyridine rings is 1. The lowest BCUT2D eigenvalue weighted by atomic mass is 9.59. The maximum Gasteiger partial charge on any atom is 0.274 e. The number of nitrogens with zero attached hydrogens (tertiary/aromatic N) is 4. The Morgan fingerprint density at radius 1 is 0.985 bits per heavy atom. The Kier molecular flexibility index (Phi) is 12.4. The maximum absolute atomic E-state index is 14.8. The van der Waals surface area contributed by atoms with E-state index in [-0.39, 0.29) is 62.5 Å². The second-order valence-electron chi connectivity index (χ2n) is 19.8. The number of halogens is 1. The molecule has 4 heterocycles.